The monoisotopic (exact) mass is 414 g/mol. The molecule has 2 aromatic heterocycles. The van der Waals surface area contributed by atoms with E-state index in [0.29, 0.717) is 29.6 Å². The molecule has 1 N–H and O–H groups in total. The molecule has 0 unspecified atom stereocenters. The standard InChI is InChI=1S/C21H26N4O3S/c1-13-22-15(12-29-13)11-27-16-9-7-8-14(10-16)17(26)24-21(5,6)18-23-19(28-25-18)20(2,3)4/h7-10,12H,11H2,1-6H3,(H,24,26). The zero-order valence-electron chi connectivity index (χ0n) is 17.6. The average molecular weight is 415 g/mol. The summed E-state index contributed by atoms with van der Waals surface area (Å²) in [7, 11) is 0. The molecule has 8 heteroatoms. The molecule has 0 aliphatic heterocycles. The first-order valence-electron chi connectivity index (χ1n) is 9.36. The summed E-state index contributed by atoms with van der Waals surface area (Å²) in [6, 6.07) is 7.05. The summed E-state index contributed by atoms with van der Waals surface area (Å²) in [5, 5.41) is 9.98. The van der Waals surface area contributed by atoms with Crippen LogP contribution in [-0.4, -0.2) is 21.0 Å². The van der Waals surface area contributed by atoms with Gasteiger partial charge in [0.1, 0.15) is 12.4 Å². The van der Waals surface area contributed by atoms with Gasteiger partial charge in [0, 0.05) is 16.4 Å². The lowest BCUT2D eigenvalue weighted by Crippen LogP contribution is -2.42. The summed E-state index contributed by atoms with van der Waals surface area (Å²) in [6.07, 6.45) is 0. The Hall–Kier alpha value is -2.74. The molecular weight excluding hydrogens is 388 g/mol. The summed E-state index contributed by atoms with van der Waals surface area (Å²) >= 11 is 1.58. The molecular formula is C21H26N4O3S. The first-order valence-corrected chi connectivity index (χ1v) is 10.2. The molecule has 1 aromatic carbocycles. The Morgan fingerprint density at radius 3 is 2.59 bits per heavy atom. The summed E-state index contributed by atoms with van der Waals surface area (Å²) in [5.41, 5.74) is 0.311. The van der Waals surface area contributed by atoms with Gasteiger partial charge in [-0.3, -0.25) is 4.79 Å². The van der Waals surface area contributed by atoms with E-state index in [1.807, 2.05) is 53.0 Å². The maximum absolute atomic E-state index is 12.8. The minimum atomic E-state index is -0.793. The van der Waals surface area contributed by atoms with Crippen molar-refractivity contribution in [3.63, 3.8) is 0 Å². The van der Waals surface area contributed by atoms with Crippen LogP contribution in [0.5, 0.6) is 5.75 Å². The van der Waals surface area contributed by atoms with Crippen molar-refractivity contribution in [3.05, 3.63) is 57.6 Å². The Kier molecular flexibility index (Phi) is 5.75. The summed E-state index contributed by atoms with van der Waals surface area (Å²) in [6.45, 7) is 12.0. The highest BCUT2D eigenvalue weighted by Gasteiger charge is 2.31. The van der Waals surface area contributed by atoms with Gasteiger partial charge in [0.2, 0.25) is 5.89 Å². The summed E-state index contributed by atoms with van der Waals surface area (Å²) < 4.78 is 11.1. The molecule has 3 rings (SSSR count). The fourth-order valence-electron chi connectivity index (χ4n) is 2.55. The smallest absolute Gasteiger partial charge is 0.252 e. The van der Waals surface area contributed by atoms with Crippen LogP contribution in [0.1, 0.15) is 67.4 Å². The van der Waals surface area contributed by atoms with Crippen LogP contribution in [0.15, 0.2) is 34.2 Å². The highest BCUT2D eigenvalue weighted by atomic mass is 32.1. The Balaban J connectivity index is 1.68. The molecule has 154 valence electrons. The molecule has 3 aromatic rings. The van der Waals surface area contributed by atoms with Gasteiger partial charge in [-0.1, -0.05) is 32.0 Å². The number of amides is 1. The molecule has 1 amide bonds. The van der Waals surface area contributed by atoms with Gasteiger partial charge in [-0.25, -0.2) is 4.98 Å². The van der Waals surface area contributed by atoms with Gasteiger partial charge in [0.15, 0.2) is 5.82 Å². The molecule has 0 spiro atoms. The van der Waals surface area contributed by atoms with Gasteiger partial charge >= 0.3 is 0 Å². The van der Waals surface area contributed by atoms with Crippen molar-refractivity contribution in [2.45, 2.75) is 59.1 Å². The fourth-order valence-corrected chi connectivity index (χ4v) is 3.15. The van der Waals surface area contributed by atoms with Crippen LogP contribution in [0.25, 0.3) is 0 Å². The van der Waals surface area contributed by atoms with Crippen molar-refractivity contribution in [1.82, 2.24) is 20.4 Å². The van der Waals surface area contributed by atoms with Gasteiger partial charge in [0.05, 0.1) is 16.2 Å². The molecule has 0 fully saturated rings. The number of thiazole rings is 1. The predicted octanol–water partition coefficient (Wildman–Crippen LogP) is 4.38. The lowest BCUT2D eigenvalue weighted by molar-refractivity contribution is 0.0907. The second-order valence-corrected chi connectivity index (χ2v) is 9.49. The Morgan fingerprint density at radius 2 is 1.97 bits per heavy atom. The predicted molar refractivity (Wildman–Crippen MR) is 111 cm³/mol. The van der Waals surface area contributed by atoms with E-state index < -0.39 is 5.54 Å². The number of carbonyl (C=O) groups is 1. The van der Waals surface area contributed by atoms with Crippen molar-refractivity contribution < 1.29 is 14.1 Å². The number of rotatable bonds is 6. The molecule has 0 bridgehead atoms. The average Bonchev–Trinajstić information content (AvgIpc) is 3.29. The fraction of sp³-hybridized carbons (Fsp3) is 0.429. The summed E-state index contributed by atoms with van der Waals surface area (Å²) in [4.78, 5) is 21.6. The third-order valence-electron chi connectivity index (χ3n) is 4.20. The highest BCUT2D eigenvalue weighted by molar-refractivity contribution is 7.09. The van der Waals surface area contributed by atoms with Crippen LogP contribution in [0, 0.1) is 6.92 Å². The van der Waals surface area contributed by atoms with Gasteiger partial charge in [-0.2, -0.15) is 4.98 Å². The van der Waals surface area contributed by atoms with Crippen LogP contribution in [0.4, 0.5) is 0 Å². The number of nitrogens with one attached hydrogen (secondary N) is 1. The number of carbonyl (C=O) groups excluding carboxylic acids is 1. The molecule has 29 heavy (non-hydrogen) atoms. The largest absolute Gasteiger partial charge is 0.487 e. The van der Waals surface area contributed by atoms with Crippen LogP contribution >= 0.6 is 11.3 Å². The third-order valence-corrected chi connectivity index (χ3v) is 5.02. The molecule has 0 atom stereocenters. The van der Waals surface area contributed by atoms with Gasteiger partial charge in [0.25, 0.3) is 5.91 Å². The third kappa shape index (κ3) is 5.20. The number of hydrogen-bond acceptors (Lipinski definition) is 7. The Morgan fingerprint density at radius 1 is 1.21 bits per heavy atom. The maximum Gasteiger partial charge on any atom is 0.252 e. The minimum absolute atomic E-state index is 0.243. The lowest BCUT2D eigenvalue weighted by Gasteiger charge is -2.22. The molecule has 2 heterocycles. The molecule has 7 nitrogen and oxygen atoms in total. The van der Waals surface area contributed by atoms with Crippen molar-refractivity contribution in [2.75, 3.05) is 0 Å². The molecule has 0 aliphatic rings. The van der Waals surface area contributed by atoms with E-state index in [4.69, 9.17) is 9.26 Å². The first kappa shape index (κ1) is 21.0. The maximum atomic E-state index is 12.8. The second kappa shape index (κ2) is 7.94. The Bertz CT molecular complexity index is 1000. The van der Waals surface area contributed by atoms with Crippen LogP contribution in [-0.2, 0) is 17.6 Å². The number of ether oxygens (including phenoxy) is 1. The molecule has 0 saturated heterocycles. The molecule has 0 radical (unpaired) electrons. The van der Waals surface area contributed by atoms with Gasteiger partial charge < -0.3 is 14.6 Å². The van der Waals surface area contributed by atoms with Crippen LogP contribution in [0.3, 0.4) is 0 Å². The molecule has 0 aliphatic carbocycles. The zero-order chi connectivity index (χ0) is 21.2. The van der Waals surface area contributed by atoms with E-state index in [2.05, 4.69) is 20.4 Å². The SMILES string of the molecule is Cc1nc(COc2cccc(C(=O)NC(C)(C)c3noc(C(C)(C)C)n3)c2)cs1. The van der Waals surface area contributed by atoms with E-state index in [1.165, 1.54) is 0 Å². The topological polar surface area (TPSA) is 90.1 Å². The van der Waals surface area contributed by atoms with Crippen molar-refractivity contribution in [1.29, 1.82) is 0 Å². The highest BCUT2D eigenvalue weighted by Crippen LogP contribution is 2.24. The van der Waals surface area contributed by atoms with E-state index in [0.717, 1.165) is 10.7 Å². The number of aromatic nitrogens is 3. The van der Waals surface area contributed by atoms with E-state index in [9.17, 15) is 4.79 Å². The number of aryl methyl sites for hydroxylation is 1. The van der Waals surface area contributed by atoms with Gasteiger partial charge in [-0.15, -0.1) is 11.3 Å². The zero-order valence-corrected chi connectivity index (χ0v) is 18.4. The molecule has 0 saturated carbocycles. The van der Waals surface area contributed by atoms with Gasteiger partial charge in [-0.05, 0) is 39.0 Å². The quantitative estimate of drug-likeness (QED) is 0.644. The minimum Gasteiger partial charge on any atom is -0.487 e. The van der Waals surface area contributed by atoms with E-state index >= 15 is 0 Å². The Labute approximate surface area is 174 Å². The number of nitrogens with zero attached hydrogens (tertiary/aromatic N) is 3. The van der Waals surface area contributed by atoms with Crippen molar-refractivity contribution >= 4 is 17.2 Å². The number of benzene rings is 1. The second-order valence-electron chi connectivity index (χ2n) is 8.43. The van der Waals surface area contributed by atoms with Crippen molar-refractivity contribution in [2.24, 2.45) is 0 Å². The van der Waals surface area contributed by atoms with Crippen molar-refractivity contribution in [3.8, 4) is 5.75 Å². The van der Waals surface area contributed by atoms with E-state index in [1.54, 1.807) is 29.5 Å². The first-order chi connectivity index (χ1) is 13.5. The lowest BCUT2D eigenvalue weighted by atomic mass is 9.96. The van der Waals surface area contributed by atoms with E-state index in [-0.39, 0.29) is 11.3 Å². The summed E-state index contributed by atoms with van der Waals surface area (Å²) in [5.74, 6) is 1.33. The number of hydrogen-bond donors (Lipinski definition) is 1. The van der Waals surface area contributed by atoms with Crippen LogP contribution in [0.2, 0.25) is 0 Å². The van der Waals surface area contributed by atoms with Crippen LogP contribution < -0.4 is 10.1 Å². The normalized spacial score (nSPS) is 12.1.